The highest BCUT2D eigenvalue weighted by molar-refractivity contribution is 5.26. The van der Waals surface area contributed by atoms with Gasteiger partial charge in [-0.2, -0.15) is 18.3 Å². The highest BCUT2D eigenvalue weighted by Crippen LogP contribution is 2.29. The summed E-state index contributed by atoms with van der Waals surface area (Å²) in [5.41, 5.74) is 1.27. The van der Waals surface area contributed by atoms with Gasteiger partial charge < -0.3 is 5.32 Å². The molecule has 114 valence electrons. The van der Waals surface area contributed by atoms with Gasteiger partial charge in [-0.3, -0.25) is 4.68 Å². The van der Waals surface area contributed by atoms with Gasteiger partial charge in [0.25, 0.3) is 0 Å². The summed E-state index contributed by atoms with van der Waals surface area (Å²) in [5, 5.41) is 7.47. The highest BCUT2D eigenvalue weighted by atomic mass is 19.4. The summed E-state index contributed by atoms with van der Waals surface area (Å²) in [6.45, 7) is 2.77. The highest BCUT2D eigenvalue weighted by Gasteiger charge is 2.30. The summed E-state index contributed by atoms with van der Waals surface area (Å²) in [7, 11) is 1.84. The van der Waals surface area contributed by atoms with E-state index in [1.54, 1.807) is 10.9 Å². The molecule has 0 bridgehead atoms. The molecule has 1 heterocycles. The molecule has 0 aliphatic carbocycles. The van der Waals surface area contributed by atoms with Gasteiger partial charge in [-0.25, -0.2) is 0 Å². The summed E-state index contributed by atoms with van der Waals surface area (Å²) in [4.78, 5) is 0. The zero-order chi connectivity index (χ0) is 15.5. The number of likely N-dealkylation sites (N-methyl/N-ethyl adjacent to an activating group) is 1. The molecule has 0 saturated heterocycles. The Morgan fingerprint density at radius 3 is 2.38 bits per heavy atom. The molecule has 1 atom stereocenters. The van der Waals surface area contributed by atoms with E-state index in [0.717, 1.165) is 29.8 Å². The second kappa shape index (κ2) is 6.30. The number of nitrogens with one attached hydrogen (secondary N) is 1. The molecule has 1 aromatic heterocycles. The van der Waals surface area contributed by atoms with Crippen LogP contribution in [0.4, 0.5) is 13.2 Å². The molecule has 2 aromatic rings. The maximum Gasteiger partial charge on any atom is 0.416 e. The Hall–Kier alpha value is -1.82. The average molecular weight is 297 g/mol. The van der Waals surface area contributed by atoms with Crippen LogP contribution in [0.1, 0.15) is 29.7 Å². The fourth-order valence-corrected chi connectivity index (χ4v) is 2.24. The maximum atomic E-state index is 12.5. The number of hydrogen-bond donors (Lipinski definition) is 1. The van der Waals surface area contributed by atoms with E-state index in [2.05, 4.69) is 10.4 Å². The minimum atomic E-state index is -4.29. The van der Waals surface area contributed by atoms with Gasteiger partial charge in [-0.05, 0) is 30.7 Å². The third-order valence-corrected chi connectivity index (χ3v) is 3.30. The molecular formula is C15H18F3N3. The van der Waals surface area contributed by atoms with Crippen molar-refractivity contribution < 1.29 is 13.2 Å². The molecule has 3 nitrogen and oxygen atoms in total. The lowest BCUT2D eigenvalue weighted by Gasteiger charge is -2.17. The van der Waals surface area contributed by atoms with Crippen LogP contribution in [0.3, 0.4) is 0 Å². The Morgan fingerprint density at radius 2 is 1.90 bits per heavy atom. The lowest BCUT2D eigenvalue weighted by atomic mass is 10.0. The molecule has 0 aliphatic rings. The number of rotatable bonds is 5. The Balaban J connectivity index is 2.14. The molecule has 2 rings (SSSR count). The first-order valence-electron chi connectivity index (χ1n) is 6.78. The van der Waals surface area contributed by atoms with Crippen molar-refractivity contribution in [2.75, 3.05) is 6.54 Å². The third kappa shape index (κ3) is 4.07. The first kappa shape index (κ1) is 15.6. The largest absolute Gasteiger partial charge is 0.416 e. The van der Waals surface area contributed by atoms with E-state index in [4.69, 9.17) is 0 Å². The zero-order valence-corrected chi connectivity index (χ0v) is 12.0. The van der Waals surface area contributed by atoms with Crippen LogP contribution in [-0.2, 0) is 19.6 Å². The first-order chi connectivity index (χ1) is 9.90. The van der Waals surface area contributed by atoms with Gasteiger partial charge in [0.05, 0.1) is 11.8 Å². The monoisotopic (exact) mass is 297 g/mol. The van der Waals surface area contributed by atoms with E-state index in [9.17, 15) is 13.2 Å². The van der Waals surface area contributed by atoms with Gasteiger partial charge in [0, 0.05) is 24.8 Å². The van der Waals surface area contributed by atoms with E-state index < -0.39 is 11.7 Å². The number of alkyl halides is 3. The minimum absolute atomic E-state index is 0.0421. The Kier molecular flexibility index (Phi) is 4.67. The van der Waals surface area contributed by atoms with Gasteiger partial charge in [0.15, 0.2) is 0 Å². The summed E-state index contributed by atoms with van der Waals surface area (Å²) < 4.78 is 39.4. The van der Waals surface area contributed by atoms with Crippen LogP contribution < -0.4 is 5.32 Å². The van der Waals surface area contributed by atoms with Crippen molar-refractivity contribution in [3.05, 3.63) is 53.3 Å². The average Bonchev–Trinajstić information content (AvgIpc) is 2.84. The normalized spacial score (nSPS) is 13.4. The van der Waals surface area contributed by atoms with Crippen molar-refractivity contribution in [1.82, 2.24) is 15.1 Å². The van der Waals surface area contributed by atoms with Crippen LogP contribution in [0, 0.1) is 0 Å². The van der Waals surface area contributed by atoms with Gasteiger partial charge in [0.1, 0.15) is 0 Å². The molecule has 0 saturated carbocycles. The molecule has 0 spiro atoms. The molecule has 21 heavy (non-hydrogen) atoms. The Morgan fingerprint density at radius 1 is 1.24 bits per heavy atom. The summed E-state index contributed by atoms with van der Waals surface area (Å²) in [5.74, 6) is 0. The summed E-state index contributed by atoms with van der Waals surface area (Å²) in [6.07, 6.45) is 0.0233. The van der Waals surface area contributed by atoms with E-state index >= 15 is 0 Å². The van der Waals surface area contributed by atoms with Crippen molar-refractivity contribution in [2.45, 2.75) is 25.6 Å². The fourth-order valence-electron chi connectivity index (χ4n) is 2.24. The third-order valence-electron chi connectivity index (χ3n) is 3.30. The van der Waals surface area contributed by atoms with Crippen LogP contribution in [0.25, 0.3) is 0 Å². The predicted molar refractivity (Wildman–Crippen MR) is 74.8 cm³/mol. The first-order valence-corrected chi connectivity index (χ1v) is 6.78. The van der Waals surface area contributed by atoms with Gasteiger partial charge in [0.2, 0.25) is 0 Å². The molecule has 1 aromatic carbocycles. The topological polar surface area (TPSA) is 29.9 Å². The second-order valence-corrected chi connectivity index (χ2v) is 4.96. The second-order valence-electron chi connectivity index (χ2n) is 4.96. The number of aromatic nitrogens is 2. The van der Waals surface area contributed by atoms with Crippen molar-refractivity contribution in [3.63, 3.8) is 0 Å². The SMILES string of the molecule is CCNC(Cc1ccc(C(F)(F)F)cc1)c1cnn(C)c1. The standard InChI is InChI=1S/C15H18F3N3/c1-3-19-14(12-9-20-21(2)10-12)8-11-4-6-13(7-5-11)15(16,17)18/h4-7,9-10,14,19H,3,8H2,1-2H3. The molecule has 1 unspecified atom stereocenters. The quantitative estimate of drug-likeness (QED) is 0.917. The van der Waals surface area contributed by atoms with Crippen molar-refractivity contribution >= 4 is 0 Å². The number of halogens is 3. The number of aryl methyl sites for hydroxylation is 1. The maximum absolute atomic E-state index is 12.5. The van der Waals surface area contributed by atoms with Crippen LogP contribution >= 0.6 is 0 Å². The smallest absolute Gasteiger partial charge is 0.310 e. The van der Waals surface area contributed by atoms with Crippen molar-refractivity contribution in [1.29, 1.82) is 0 Å². The molecule has 0 radical (unpaired) electrons. The Labute approximate surface area is 121 Å². The van der Waals surface area contributed by atoms with Crippen LogP contribution in [0.15, 0.2) is 36.7 Å². The number of benzene rings is 1. The molecule has 0 amide bonds. The molecule has 0 fully saturated rings. The number of hydrogen-bond acceptors (Lipinski definition) is 2. The molecule has 6 heteroatoms. The molecular weight excluding hydrogens is 279 g/mol. The summed E-state index contributed by atoms with van der Waals surface area (Å²) >= 11 is 0. The lowest BCUT2D eigenvalue weighted by Crippen LogP contribution is -2.22. The lowest BCUT2D eigenvalue weighted by molar-refractivity contribution is -0.137. The van der Waals surface area contributed by atoms with Crippen LogP contribution in [0.2, 0.25) is 0 Å². The van der Waals surface area contributed by atoms with E-state index in [1.165, 1.54) is 12.1 Å². The predicted octanol–water partition coefficient (Wildman–Crippen LogP) is 3.33. The van der Waals surface area contributed by atoms with Crippen LogP contribution in [-0.4, -0.2) is 16.3 Å². The van der Waals surface area contributed by atoms with Crippen molar-refractivity contribution in [2.24, 2.45) is 7.05 Å². The van der Waals surface area contributed by atoms with Gasteiger partial charge in [-0.15, -0.1) is 0 Å². The molecule has 0 aliphatic heterocycles. The van der Waals surface area contributed by atoms with Gasteiger partial charge >= 0.3 is 6.18 Å². The van der Waals surface area contributed by atoms with Crippen molar-refractivity contribution in [3.8, 4) is 0 Å². The Bertz CT molecular complexity index is 573. The van der Waals surface area contributed by atoms with E-state index in [-0.39, 0.29) is 6.04 Å². The van der Waals surface area contributed by atoms with E-state index in [1.807, 2.05) is 20.2 Å². The number of nitrogens with zero attached hydrogens (tertiary/aromatic N) is 2. The van der Waals surface area contributed by atoms with E-state index in [0.29, 0.717) is 6.42 Å². The zero-order valence-electron chi connectivity index (χ0n) is 12.0. The van der Waals surface area contributed by atoms with Gasteiger partial charge in [-0.1, -0.05) is 19.1 Å². The van der Waals surface area contributed by atoms with Crippen LogP contribution in [0.5, 0.6) is 0 Å². The fraction of sp³-hybridized carbons (Fsp3) is 0.400. The summed E-state index contributed by atoms with van der Waals surface area (Å²) in [6, 6.07) is 5.36. The molecule has 1 N–H and O–H groups in total. The minimum Gasteiger partial charge on any atom is -0.310 e.